The Labute approximate surface area is 116 Å². The number of rotatable bonds is 5. The fourth-order valence-electron chi connectivity index (χ4n) is 1.47. The van der Waals surface area contributed by atoms with Crippen LogP contribution in [0.15, 0.2) is 23.9 Å². The Morgan fingerprint density at radius 2 is 2.32 bits per heavy atom. The van der Waals surface area contributed by atoms with Crippen LogP contribution in [0.25, 0.3) is 5.70 Å². The summed E-state index contributed by atoms with van der Waals surface area (Å²) in [6.07, 6.45) is 1.53. The quantitative estimate of drug-likeness (QED) is 0.387. The van der Waals surface area contributed by atoms with Gasteiger partial charge in [-0.2, -0.15) is 5.26 Å². The molecule has 0 saturated carbocycles. The van der Waals surface area contributed by atoms with Gasteiger partial charge in [-0.15, -0.1) is 0 Å². The van der Waals surface area contributed by atoms with E-state index >= 15 is 0 Å². The molecule has 0 amide bonds. The van der Waals surface area contributed by atoms with E-state index in [0.29, 0.717) is 17.8 Å². The van der Waals surface area contributed by atoms with E-state index in [1.54, 1.807) is 19.1 Å². The molecule has 0 bridgehead atoms. The van der Waals surface area contributed by atoms with Crippen LogP contribution in [0.5, 0.6) is 0 Å². The number of carbonyl (C=O) groups excluding carboxylic acids is 1. The van der Waals surface area contributed by atoms with Crippen molar-refractivity contribution in [3.8, 4) is 6.07 Å². The zero-order valence-corrected chi connectivity index (χ0v) is 11.5. The van der Waals surface area contributed by atoms with E-state index in [1.807, 2.05) is 13.0 Å². The number of nitrogens with zero attached hydrogens (tertiary/aromatic N) is 2. The summed E-state index contributed by atoms with van der Waals surface area (Å²) < 4.78 is 4.86. The number of ether oxygens (including phenoxy) is 1. The number of aromatic nitrogens is 1. The first-order chi connectivity index (χ1) is 9.15. The molecule has 0 atom stereocenters. The minimum atomic E-state index is -0.680. The molecule has 1 heterocycles. The maximum absolute atomic E-state index is 11.8. The van der Waals surface area contributed by atoms with Gasteiger partial charge in [-0.1, -0.05) is 11.6 Å². The van der Waals surface area contributed by atoms with Gasteiger partial charge in [0.15, 0.2) is 5.57 Å². The number of hydrogen-bond acceptors (Lipinski definition) is 5. The fourth-order valence-corrected chi connectivity index (χ4v) is 1.69. The van der Waals surface area contributed by atoms with Gasteiger partial charge >= 0.3 is 5.97 Å². The smallest absolute Gasteiger partial charge is 0.351 e. The third-order valence-corrected chi connectivity index (χ3v) is 2.52. The summed E-state index contributed by atoms with van der Waals surface area (Å²) >= 11 is 5.99. The van der Waals surface area contributed by atoms with E-state index in [9.17, 15) is 4.79 Å². The highest BCUT2D eigenvalue weighted by molar-refractivity contribution is 6.31. The Morgan fingerprint density at radius 1 is 1.58 bits per heavy atom. The molecule has 0 aliphatic rings. The van der Waals surface area contributed by atoms with E-state index in [4.69, 9.17) is 21.6 Å². The summed E-state index contributed by atoms with van der Waals surface area (Å²) in [6, 6.07) is 5.22. The van der Waals surface area contributed by atoms with Gasteiger partial charge in [-0.25, -0.2) is 9.78 Å². The molecule has 0 aromatic carbocycles. The SMILES string of the molecule is CCN/C(=C(/C#N)C(=O)OCC)c1cccnc1Cl. The summed E-state index contributed by atoms with van der Waals surface area (Å²) in [5.74, 6) is -0.680. The number of nitrogens with one attached hydrogen (secondary N) is 1. The number of carbonyl (C=O) groups is 1. The molecule has 100 valence electrons. The summed E-state index contributed by atoms with van der Waals surface area (Å²) in [4.78, 5) is 15.7. The van der Waals surface area contributed by atoms with E-state index in [2.05, 4.69) is 10.3 Å². The molecule has 0 unspecified atom stereocenters. The van der Waals surface area contributed by atoms with Crippen LogP contribution >= 0.6 is 11.6 Å². The lowest BCUT2D eigenvalue weighted by molar-refractivity contribution is -0.137. The molecule has 5 nitrogen and oxygen atoms in total. The van der Waals surface area contributed by atoms with E-state index in [1.165, 1.54) is 6.20 Å². The zero-order chi connectivity index (χ0) is 14.3. The largest absolute Gasteiger partial charge is 0.462 e. The number of pyridine rings is 1. The monoisotopic (exact) mass is 279 g/mol. The minimum absolute atomic E-state index is 0.112. The van der Waals surface area contributed by atoms with Crippen LogP contribution in [0.3, 0.4) is 0 Å². The Kier molecular flexibility index (Phi) is 5.83. The van der Waals surface area contributed by atoms with Gasteiger partial charge in [-0.3, -0.25) is 0 Å². The van der Waals surface area contributed by atoms with Gasteiger partial charge in [-0.05, 0) is 26.0 Å². The predicted molar refractivity (Wildman–Crippen MR) is 72.1 cm³/mol. The molecule has 1 aromatic rings. The average molecular weight is 280 g/mol. The van der Waals surface area contributed by atoms with Gasteiger partial charge in [0.25, 0.3) is 0 Å². The Morgan fingerprint density at radius 3 is 2.84 bits per heavy atom. The van der Waals surface area contributed by atoms with Crippen LogP contribution in [0, 0.1) is 11.3 Å². The maximum atomic E-state index is 11.8. The van der Waals surface area contributed by atoms with Crippen LogP contribution in [0.1, 0.15) is 19.4 Å². The topological polar surface area (TPSA) is 75.0 Å². The van der Waals surface area contributed by atoms with Gasteiger partial charge in [0.2, 0.25) is 0 Å². The molecular weight excluding hydrogens is 266 g/mol. The fraction of sp³-hybridized carbons (Fsp3) is 0.308. The molecule has 0 spiro atoms. The summed E-state index contributed by atoms with van der Waals surface area (Å²) in [5.41, 5.74) is 0.718. The van der Waals surface area contributed by atoms with E-state index in [-0.39, 0.29) is 17.3 Å². The van der Waals surface area contributed by atoms with Crippen LogP contribution in [-0.2, 0) is 9.53 Å². The molecule has 0 aliphatic carbocycles. The highest BCUT2D eigenvalue weighted by atomic mass is 35.5. The zero-order valence-electron chi connectivity index (χ0n) is 10.7. The number of nitriles is 1. The lowest BCUT2D eigenvalue weighted by Crippen LogP contribution is -2.18. The number of halogens is 1. The van der Waals surface area contributed by atoms with Crippen molar-refractivity contribution in [2.24, 2.45) is 0 Å². The van der Waals surface area contributed by atoms with Crippen molar-refractivity contribution >= 4 is 23.3 Å². The van der Waals surface area contributed by atoms with E-state index < -0.39 is 5.97 Å². The third kappa shape index (κ3) is 3.70. The molecule has 1 rings (SSSR count). The predicted octanol–water partition coefficient (Wildman–Crippen LogP) is 2.14. The van der Waals surface area contributed by atoms with Gasteiger partial charge < -0.3 is 10.1 Å². The first-order valence-corrected chi connectivity index (χ1v) is 6.19. The standard InChI is InChI=1S/C13H14ClN3O2/c1-3-16-11(9-6-5-7-17-12(9)14)10(8-15)13(18)19-4-2/h5-7,16H,3-4H2,1-2H3/b11-10-. The van der Waals surface area contributed by atoms with Crippen LogP contribution in [-0.4, -0.2) is 24.1 Å². The van der Waals surface area contributed by atoms with Gasteiger partial charge in [0, 0.05) is 18.3 Å². The lowest BCUT2D eigenvalue weighted by Gasteiger charge is -2.12. The van der Waals surface area contributed by atoms with Gasteiger partial charge in [0.05, 0.1) is 12.3 Å². The summed E-state index contributed by atoms with van der Waals surface area (Å²) in [6.45, 7) is 4.26. The second kappa shape index (κ2) is 7.39. The highest BCUT2D eigenvalue weighted by Gasteiger charge is 2.19. The van der Waals surface area contributed by atoms with Crippen molar-refractivity contribution in [1.29, 1.82) is 5.26 Å². The minimum Gasteiger partial charge on any atom is -0.462 e. The lowest BCUT2D eigenvalue weighted by atomic mass is 10.1. The molecule has 6 heteroatoms. The number of esters is 1. The first-order valence-electron chi connectivity index (χ1n) is 5.81. The van der Waals surface area contributed by atoms with E-state index in [0.717, 1.165) is 0 Å². The molecular formula is C13H14ClN3O2. The maximum Gasteiger partial charge on any atom is 0.351 e. The van der Waals surface area contributed by atoms with Crippen molar-refractivity contribution in [3.63, 3.8) is 0 Å². The molecule has 0 saturated heterocycles. The first kappa shape index (κ1) is 15.0. The third-order valence-electron chi connectivity index (χ3n) is 2.22. The number of hydrogen-bond donors (Lipinski definition) is 1. The highest BCUT2D eigenvalue weighted by Crippen LogP contribution is 2.22. The normalized spacial score (nSPS) is 11.3. The second-order valence-corrected chi connectivity index (χ2v) is 3.81. The summed E-state index contributed by atoms with van der Waals surface area (Å²) in [5, 5.41) is 12.3. The molecule has 0 fully saturated rings. The molecule has 1 aromatic heterocycles. The molecule has 1 N–H and O–H groups in total. The van der Waals surface area contributed by atoms with Gasteiger partial charge in [0.1, 0.15) is 11.2 Å². The molecule has 0 aliphatic heterocycles. The van der Waals surface area contributed by atoms with Crippen LogP contribution in [0.2, 0.25) is 5.15 Å². The summed E-state index contributed by atoms with van der Waals surface area (Å²) in [7, 11) is 0. The second-order valence-electron chi connectivity index (χ2n) is 3.45. The van der Waals surface area contributed by atoms with Crippen molar-refractivity contribution < 1.29 is 9.53 Å². The average Bonchev–Trinajstić information content (AvgIpc) is 2.40. The van der Waals surface area contributed by atoms with Crippen LogP contribution < -0.4 is 5.32 Å². The Bertz CT molecular complexity index is 535. The van der Waals surface area contributed by atoms with Crippen molar-refractivity contribution in [3.05, 3.63) is 34.6 Å². The Balaban J connectivity index is 3.36. The van der Waals surface area contributed by atoms with Crippen molar-refractivity contribution in [1.82, 2.24) is 10.3 Å². The Hall–Kier alpha value is -2.06. The molecule has 19 heavy (non-hydrogen) atoms. The van der Waals surface area contributed by atoms with Crippen molar-refractivity contribution in [2.75, 3.05) is 13.2 Å². The van der Waals surface area contributed by atoms with Crippen LogP contribution in [0.4, 0.5) is 0 Å². The van der Waals surface area contributed by atoms with Crippen molar-refractivity contribution in [2.45, 2.75) is 13.8 Å². The molecule has 0 radical (unpaired) electrons.